The van der Waals surface area contributed by atoms with Gasteiger partial charge in [0.2, 0.25) is 0 Å². The molecule has 6 nitrogen and oxygen atoms in total. The zero-order valence-electron chi connectivity index (χ0n) is 12.5. The monoisotopic (exact) mass is 301 g/mol. The Morgan fingerprint density at radius 2 is 2.14 bits per heavy atom. The summed E-state index contributed by atoms with van der Waals surface area (Å²) in [4.78, 5) is 13.3. The molecule has 2 aromatic rings. The number of carbonyl (C=O) groups is 1. The van der Waals surface area contributed by atoms with Crippen molar-refractivity contribution < 1.29 is 14.5 Å². The van der Waals surface area contributed by atoms with E-state index in [-0.39, 0.29) is 0 Å². The molecule has 1 fully saturated rings. The molecule has 1 atom stereocenters. The average Bonchev–Trinajstić information content (AvgIpc) is 2.93. The molecule has 1 aromatic heterocycles. The number of benzene rings is 1. The van der Waals surface area contributed by atoms with E-state index in [2.05, 4.69) is 15.2 Å². The van der Waals surface area contributed by atoms with Crippen molar-refractivity contribution in [1.29, 1.82) is 0 Å². The van der Waals surface area contributed by atoms with Crippen molar-refractivity contribution in [2.24, 2.45) is 0 Å². The van der Waals surface area contributed by atoms with Crippen molar-refractivity contribution in [3.8, 4) is 0 Å². The van der Waals surface area contributed by atoms with E-state index in [1.807, 2.05) is 19.1 Å². The Hall–Kier alpha value is -2.21. The van der Waals surface area contributed by atoms with Crippen LogP contribution in [-0.4, -0.2) is 39.4 Å². The summed E-state index contributed by atoms with van der Waals surface area (Å²) < 4.78 is 4.75. The summed E-state index contributed by atoms with van der Waals surface area (Å²) in [6.45, 7) is 4.63. The quantitative estimate of drug-likeness (QED) is 0.934. The van der Waals surface area contributed by atoms with E-state index in [1.54, 1.807) is 12.1 Å². The van der Waals surface area contributed by atoms with E-state index in [0.717, 1.165) is 43.9 Å². The average molecular weight is 301 g/mol. The second kappa shape index (κ2) is 6.27. The minimum atomic E-state index is -0.883. The zero-order valence-corrected chi connectivity index (χ0v) is 12.5. The second-order valence-corrected chi connectivity index (χ2v) is 5.80. The molecular weight excluding hydrogens is 282 g/mol. The van der Waals surface area contributed by atoms with Gasteiger partial charge in [-0.15, -0.1) is 0 Å². The molecular formula is C16H19N3O3. The number of aromatic carboxylic acids is 1. The van der Waals surface area contributed by atoms with Crippen LogP contribution in [0.2, 0.25) is 0 Å². The number of carboxylic acids is 1. The third kappa shape index (κ3) is 3.17. The van der Waals surface area contributed by atoms with Crippen LogP contribution in [0.5, 0.6) is 0 Å². The Bertz CT molecular complexity index is 651. The molecule has 6 heteroatoms. The predicted molar refractivity (Wildman–Crippen MR) is 79.7 cm³/mol. The third-order valence-electron chi connectivity index (χ3n) is 4.25. The fourth-order valence-corrected chi connectivity index (χ4v) is 2.97. The Morgan fingerprint density at radius 1 is 1.36 bits per heavy atom. The molecule has 116 valence electrons. The molecule has 0 bridgehead atoms. The van der Waals surface area contributed by atoms with Crippen LogP contribution in [0.1, 0.15) is 46.1 Å². The Kier molecular flexibility index (Phi) is 4.20. The first-order valence-electron chi connectivity index (χ1n) is 7.47. The lowest BCUT2D eigenvalue weighted by Crippen LogP contribution is -2.34. The van der Waals surface area contributed by atoms with Crippen molar-refractivity contribution in [3.05, 3.63) is 46.8 Å². The van der Waals surface area contributed by atoms with Gasteiger partial charge in [0.1, 0.15) is 11.4 Å². The molecule has 22 heavy (non-hydrogen) atoms. The normalized spacial score (nSPS) is 19.2. The van der Waals surface area contributed by atoms with Crippen LogP contribution < -0.4 is 0 Å². The molecule has 1 aliphatic heterocycles. The third-order valence-corrected chi connectivity index (χ3v) is 4.25. The van der Waals surface area contributed by atoms with Gasteiger partial charge in [-0.25, -0.2) is 9.42 Å². The molecule has 0 saturated carbocycles. The first-order chi connectivity index (χ1) is 10.6. The fourth-order valence-electron chi connectivity index (χ4n) is 2.97. The highest BCUT2D eigenvalue weighted by molar-refractivity contribution is 5.87. The maximum absolute atomic E-state index is 10.9. The van der Waals surface area contributed by atoms with Gasteiger partial charge in [-0.2, -0.15) is 0 Å². The van der Waals surface area contributed by atoms with Gasteiger partial charge >= 0.3 is 5.97 Å². The van der Waals surface area contributed by atoms with E-state index in [1.165, 1.54) is 5.56 Å². The van der Waals surface area contributed by atoms with Crippen LogP contribution in [0.15, 0.2) is 28.9 Å². The lowest BCUT2D eigenvalue weighted by atomic mass is 9.90. The molecule has 0 aliphatic carbocycles. The predicted octanol–water partition coefficient (Wildman–Crippen LogP) is 2.46. The summed E-state index contributed by atoms with van der Waals surface area (Å²) in [5, 5.41) is 16.7. The summed E-state index contributed by atoms with van der Waals surface area (Å²) >= 11 is 0. The number of piperidine rings is 1. The van der Waals surface area contributed by atoms with Crippen LogP contribution in [0.3, 0.4) is 0 Å². The SMILES string of the molecule is Cc1nonc1CN1CCC[C@H](c2ccc(C(=O)O)cc2)C1. The summed E-state index contributed by atoms with van der Waals surface area (Å²) in [5.74, 6) is -0.456. The van der Waals surface area contributed by atoms with Crippen LogP contribution >= 0.6 is 0 Å². The van der Waals surface area contributed by atoms with Gasteiger partial charge in [-0.1, -0.05) is 22.4 Å². The molecule has 2 heterocycles. The number of hydrogen-bond donors (Lipinski definition) is 1. The number of hydrogen-bond acceptors (Lipinski definition) is 5. The molecule has 1 aromatic carbocycles. The van der Waals surface area contributed by atoms with Crippen LogP contribution in [0, 0.1) is 6.92 Å². The number of nitrogens with zero attached hydrogens (tertiary/aromatic N) is 3. The number of likely N-dealkylation sites (tertiary alicyclic amines) is 1. The van der Waals surface area contributed by atoms with Crippen molar-refractivity contribution in [2.75, 3.05) is 13.1 Å². The highest BCUT2D eigenvalue weighted by atomic mass is 16.6. The number of aryl methyl sites for hydroxylation is 1. The summed E-state index contributed by atoms with van der Waals surface area (Å²) in [7, 11) is 0. The maximum Gasteiger partial charge on any atom is 0.335 e. The minimum Gasteiger partial charge on any atom is -0.478 e. The van der Waals surface area contributed by atoms with Crippen molar-refractivity contribution >= 4 is 5.97 Å². The molecule has 1 N–H and O–H groups in total. The lowest BCUT2D eigenvalue weighted by Gasteiger charge is -2.32. The summed E-state index contributed by atoms with van der Waals surface area (Å²) in [5.41, 5.74) is 3.26. The Morgan fingerprint density at radius 3 is 2.77 bits per heavy atom. The number of rotatable bonds is 4. The minimum absolute atomic E-state index is 0.334. The van der Waals surface area contributed by atoms with Crippen molar-refractivity contribution in [3.63, 3.8) is 0 Å². The molecule has 3 rings (SSSR count). The number of aromatic nitrogens is 2. The van der Waals surface area contributed by atoms with Crippen molar-refractivity contribution in [2.45, 2.75) is 32.2 Å². The highest BCUT2D eigenvalue weighted by Crippen LogP contribution is 2.28. The first-order valence-corrected chi connectivity index (χ1v) is 7.47. The van der Waals surface area contributed by atoms with E-state index in [4.69, 9.17) is 9.74 Å². The highest BCUT2D eigenvalue weighted by Gasteiger charge is 2.23. The van der Waals surface area contributed by atoms with Gasteiger partial charge < -0.3 is 5.11 Å². The van der Waals surface area contributed by atoms with E-state index >= 15 is 0 Å². The Balaban J connectivity index is 1.67. The van der Waals surface area contributed by atoms with E-state index in [9.17, 15) is 4.79 Å². The molecule has 0 radical (unpaired) electrons. The maximum atomic E-state index is 10.9. The van der Waals surface area contributed by atoms with Gasteiger partial charge in [-0.3, -0.25) is 4.90 Å². The topological polar surface area (TPSA) is 79.5 Å². The van der Waals surface area contributed by atoms with Crippen molar-refractivity contribution in [1.82, 2.24) is 15.2 Å². The summed E-state index contributed by atoms with van der Waals surface area (Å²) in [6, 6.07) is 7.23. The van der Waals surface area contributed by atoms with Gasteiger partial charge in [-0.05, 0) is 49.9 Å². The standard InChI is InChI=1S/C16H19N3O3/c1-11-15(18-22-17-11)10-19-8-2-3-14(9-19)12-4-6-13(7-5-12)16(20)21/h4-7,14H,2-3,8-10H2,1H3,(H,20,21)/t14-/m0/s1. The van der Waals surface area contributed by atoms with Crippen LogP contribution in [0.4, 0.5) is 0 Å². The van der Waals surface area contributed by atoms with Crippen LogP contribution in [0.25, 0.3) is 0 Å². The van der Waals surface area contributed by atoms with Gasteiger partial charge in [0.15, 0.2) is 0 Å². The Labute approximate surface area is 128 Å². The van der Waals surface area contributed by atoms with Gasteiger partial charge in [0, 0.05) is 13.1 Å². The fraction of sp³-hybridized carbons (Fsp3) is 0.438. The number of carboxylic acid groups (broad SMARTS) is 1. The van der Waals surface area contributed by atoms with Crippen LogP contribution in [-0.2, 0) is 6.54 Å². The second-order valence-electron chi connectivity index (χ2n) is 5.80. The van der Waals surface area contributed by atoms with E-state index < -0.39 is 5.97 Å². The smallest absolute Gasteiger partial charge is 0.335 e. The molecule has 0 spiro atoms. The van der Waals surface area contributed by atoms with Gasteiger partial charge in [0.05, 0.1) is 5.56 Å². The molecule has 0 unspecified atom stereocenters. The lowest BCUT2D eigenvalue weighted by molar-refractivity contribution is 0.0697. The zero-order chi connectivity index (χ0) is 15.5. The van der Waals surface area contributed by atoms with E-state index in [0.29, 0.717) is 11.5 Å². The molecule has 1 aliphatic rings. The molecule has 1 saturated heterocycles. The molecule has 0 amide bonds. The summed E-state index contributed by atoms with van der Waals surface area (Å²) in [6.07, 6.45) is 2.24. The van der Waals surface area contributed by atoms with Gasteiger partial charge in [0.25, 0.3) is 0 Å². The largest absolute Gasteiger partial charge is 0.478 e. The first kappa shape index (κ1) is 14.7.